The van der Waals surface area contributed by atoms with Gasteiger partial charge in [0.2, 0.25) is 0 Å². The SMILES string of the molecule is COc1ccc(C(=O)NCCC2CN(C)CCO2)cc1OC. The van der Waals surface area contributed by atoms with Crippen molar-refractivity contribution in [3.63, 3.8) is 0 Å². The second-order valence-electron chi connectivity index (χ2n) is 5.37. The Bertz CT molecular complexity index is 507. The number of ether oxygens (including phenoxy) is 3. The lowest BCUT2D eigenvalue weighted by Gasteiger charge is -2.30. The molecule has 0 radical (unpaired) electrons. The Balaban J connectivity index is 1.84. The molecule has 6 nitrogen and oxygen atoms in total. The summed E-state index contributed by atoms with van der Waals surface area (Å²) in [4.78, 5) is 14.4. The quantitative estimate of drug-likeness (QED) is 0.854. The number of benzene rings is 1. The molecule has 1 atom stereocenters. The number of likely N-dealkylation sites (N-methyl/N-ethyl adjacent to an activating group) is 1. The summed E-state index contributed by atoms with van der Waals surface area (Å²) in [7, 11) is 5.20. The van der Waals surface area contributed by atoms with Gasteiger partial charge < -0.3 is 24.4 Å². The molecule has 1 saturated heterocycles. The second kappa shape index (κ2) is 8.00. The van der Waals surface area contributed by atoms with Gasteiger partial charge in [0.05, 0.1) is 26.9 Å². The first kappa shape index (κ1) is 16.6. The average molecular weight is 308 g/mol. The van der Waals surface area contributed by atoms with Crippen LogP contribution in [0.2, 0.25) is 0 Å². The van der Waals surface area contributed by atoms with Crippen molar-refractivity contribution in [2.75, 3.05) is 47.5 Å². The molecule has 1 fully saturated rings. The van der Waals surface area contributed by atoms with E-state index < -0.39 is 0 Å². The van der Waals surface area contributed by atoms with Gasteiger partial charge in [-0.2, -0.15) is 0 Å². The van der Waals surface area contributed by atoms with Gasteiger partial charge in [-0.1, -0.05) is 0 Å². The van der Waals surface area contributed by atoms with Crippen molar-refractivity contribution in [1.29, 1.82) is 0 Å². The summed E-state index contributed by atoms with van der Waals surface area (Å²) >= 11 is 0. The lowest BCUT2D eigenvalue weighted by molar-refractivity contribution is -0.0226. The minimum atomic E-state index is -0.120. The third-order valence-corrected chi connectivity index (χ3v) is 3.74. The molecule has 6 heteroatoms. The first-order valence-electron chi connectivity index (χ1n) is 7.44. The summed E-state index contributed by atoms with van der Waals surface area (Å²) in [6.07, 6.45) is 0.994. The molecular weight excluding hydrogens is 284 g/mol. The summed E-state index contributed by atoms with van der Waals surface area (Å²) in [6, 6.07) is 5.13. The van der Waals surface area contributed by atoms with E-state index in [4.69, 9.17) is 14.2 Å². The zero-order valence-electron chi connectivity index (χ0n) is 13.4. The number of carbonyl (C=O) groups excluding carboxylic acids is 1. The average Bonchev–Trinajstić information content (AvgIpc) is 2.54. The van der Waals surface area contributed by atoms with Crippen LogP contribution < -0.4 is 14.8 Å². The van der Waals surface area contributed by atoms with Gasteiger partial charge in [0, 0.05) is 25.2 Å². The van der Waals surface area contributed by atoms with Crippen LogP contribution in [0, 0.1) is 0 Å². The van der Waals surface area contributed by atoms with E-state index in [9.17, 15) is 4.79 Å². The van der Waals surface area contributed by atoms with Gasteiger partial charge in [0.15, 0.2) is 11.5 Å². The highest BCUT2D eigenvalue weighted by molar-refractivity contribution is 5.94. The number of carbonyl (C=O) groups is 1. The van der Waals surface area contributed by atoms with Crippen LogP contribution in [0.4, 0.5) is 0 Å². The van der Waals surface area contributed by atoms with E-state index >= 15 is 0 Å². The maximum absolute atomic E-state index is 12.2. The Kier molecular flexibility index (Phi) is 6.03. The van der Waals surface area contributed by atoms with Crippen LogP contribution in [-0.2, 0) is 4.74 Å². The molecule has 1 aliphatic rings. The molecule has 0 bridgehead atoms. The molecular formula is C16H24N2O4. The molecule has 1 aliphatic heterocycles. The van der Waals surface area contributed by atoms with E-state index in [0.29, 0.717) is 23.6 Å². The van der Waals surface area contributed by atoms with Crippen molar-refractivity contribution < 1.29 is 19.0 Å². The van der Waals surface area contributed by atoms with Crippen LogP contribution >= 0.6 is 0 Å². The fourth-order valence-corrected chi connectivity index (χ4v) is 2.47. The zero-order valence-corrected chi connectivity index (χ0v) is 13.4. The number of rotatable bonds is 6. The van der Waals surface area contributed by atoms with E-state index in [1.165, 1.54) is 0 Å². The molecule has 0 saturated carbocycles. The molecule has 0 aromatic heterocycles. The smallest absolute Gasteiger partial charge is 0.251 e. The molecule has 0 aliphatic carbocycles. The minimum absolute atomic E-state index is 0.120. The van der Waals surface area contributed by atoms with Gasteiger partial charge in [0.25, 0.3) is 5.91 Å². The lowest BCUT2D eigenvalue weighted by Crippen LogP contribution is -2.41. The molecule has 122 valence electrons. The highest BCUT2D eigenvalue weighted by Crippen LogP contribution is 2.27. The summed E-state index contributed by atoms with van der Waals surface area (Å²) < 4.78 is 16.0. The van der Waals surface area contributed by atoms with Crippen molar-refractivity contribution in [3.05, 3.63) is 23.8 Å². The largest absolute Gasteiger partial charge is 0.493 e. The van der Waals surface area contributed by atoms with Gasteiger partial charge in [-0.15, -0.1) is 0 Å². The fourth-order valence-electron chi connectivity index (χ4n) is 2.47. The molecule has 1 amide bonds. The maximum atomic E-state index is 12.2. The van der Waals surface area contributed by atoms with Gasteiger partial charge in [-0.05, 0) is 31.7 Å². The summed E-state index contributed by atoms with van der Waals surface area (Å²) in [5.74, 6) is 1.04. The Hall–Kier alpha value is -1.79. The lowest BCUT2D eigenvalue weighted by atomic mass is 10.1. The normalized spacial score (nSPS) is 18.8. The van der Waals surface area contributed by atoms with Crippen LogP contribution in [0.3, 0.4) is 0 Å². The molecule has 1 aromatic rings. The van der Waals surface area contributed by atoms with E-state index in [1.807, 2.05) is 0 Å². The molecule has 1 N–H and O–H groups in total. The summed E-state index contributed by atoms with van der Waals surface area (Å²) in [5, 5.41) is 2.92. The molecule has 0 spiro atoms. The van der Waals surface area contributed by atoms with Crippen LogP contribution in [0.15, 0.2) is 18.2 Å². The van der Waals surface area contributed by atoms with E-state index in [1.54, 1.807) is 32.4 Å². The maximum Gasteiger partial charge on any atom is 0.251 e. The molecule has 2 rings (SSSR count). The van der Waals surface area contributed by atoms with Crippen molar-refractivity contribution in [1.82, 2.24) is 10.2 Å². The predicted octanol–water partition coefficient (Wildman–Crippen LogP) is 1.15. The Morgan fingerprint density at radius 2 is 2.14 bits per heavy atom. The summed E-state index contributed by atoms with van der Waals surface area (Å²) in [5.41, 5.74) is 0.555. The first-order chi connectivity index (χ1) is 10.6. The number of methoxy groups -OCH3 is 2. The van der Waals surface area contributed by atoms with Crippen molar-refractivity contribution in [2.24, 2.45) is 0 Å². The third kappa shape index (κ3) is 4.35. The number of hydrogen-bond donors (Lipinski definition) is 1. The van der Waals surface area contributed by atoms with Gasteiger partial charge in [-0.3, -0.25) is 4.79 Å². The standard InChI is InChI=1S/C16H24N2O4/c1-18-8-9-22-13(11-18)6-7-17-16(19)12-4-5-14(20-2)15(10-12)21-3/h4-5,10,13H,6-9,11H2,1-3H3,(H,17,19). The second-order valence-corrected chi connectivity index (χ2v) is 5.37. The van der Waals surface area contributed by atoms with Gasteiger partial charge in [-0.25, -0.2) is 0 Å². The molecule has 1 unspecified atom stereocenters. The van der Waals surface area contributed by atoms with Gasteiger partial charge >= 0.3 is 0 Å². The number of amides is 1. The van der Waals surface area contributed by atoms with Crippen LogP contribution in [0.1, 0.15) is 16.8 Å². The van der Waals surface area contributed by atoms with Gasteiger partial charge in [0.1, 0.15) is 0 Å². The number of nitrogens with one attached hydrogen (secondary N) is 1. The topological polar surface area (TPSA) is 60.0 Å². The Labute approximate surface area is 131 Å². The Morgan fingerprint density at radius 1 is 1.36 bits per heavy atom. The van der Waals surface area contributed by atoms with E-state index in [0.717, 1.165) is 26.1 Å². The van der Waals surface area contributed by atoms with Crippen LogP contribution in [0.5, 0.6) is 11.5 Å². The predicted molar refractivity (Wildman–Crippen MR) is 83.7 cm³/mol. The van der Waals surface area contributed by atoms with Crippen molar-refractivity contribution in [3.8, 4) is 11.5 Å². The number of nitrogens with zero attached hydrogens (tertiary/aromatic N) is 1. The minimum Gasteiger partial charge on any atom is -0.493 e. The molecule has 1 heterocycles. The van der Waals surface area contributed by atoms with E-state index in [-0.39, 0.29) is 12.0 Å². The van der Waals surface area contributed by atoms with Crippen molar-refractivity contribution >= 4 is 5.91 Å². The molecule has 1 aromatic carbocycles. The van der Waals surface area contributed by atoms with Crippen molar-refractivity contribution in [2.45, 2.75) is 12.5 Å². The fraction of sp³-hybridized carbons (Fsp3) is 0.562. The highest BCUT2D eigenvalue weighted by Gasteiger charge is 2.17. The van der Waals surface area contributed by atoms with Crippen LogP contribution in [-0.4, -0.2) is 64.4 Å². The number of morpholine rings is 1. The summed E-state index contributed by atoms with van der Waals surface area (Å²) in [6.45, 7) is 3.22. The third-order valence-electron chi connectivity index (χ3n) is 3.74. The highest BCUT2D eigenvalue weighted by atomic mass is 16.5. The molecule has 22 heavy (non-hydrogen) atoms. The van der Waals surface area contributed by atoms with Crippen LogP contribution in [0.25, 0.3) is 0 Å². The first-order valence-corrected chi connectivity index (χ1v) is 7.44. The Morgan fingerprint density at radius 3 is 2.82 bits per heavy atom. The monoisotopic (exact) mass is 308 g/mol. The number of hydrogen-bond acceptors (Lipinski definition) is 5. The van der Waals surface area contributed by atoms with E-state index in [2.05, 4.69) is 17.3 Å². The zero-order chi connectivity index (χ0) is 15.9.